The lowest BCUT2D eigenvalue weighted by molar-refractivity contribution is 0.137. The first-order valence-corrected chi connectivity index (χ1v) is 12.9. The number of hydrogen-bond donors (Lipinski definition) is 2. The molecule has 0 aliphatic heterocycles. The number of fused-ring (bicyclic) bond motifs is 3. The first-order chi connectivity index (χ1) is 16.0. The third-order valence-corrected chi connectivity index (χ3v) is 7.26. The maximum Gasteiger partial charge on any atom is 0.503 e. The fourth-order valence-electron chi connectivity index (χ4n) is 6.03. The monoisotopic (exact) mass is 476 g/mol. The molecular weight excluding hydrogens is 435 g/mol. The maximum absolute atomic E-state index is 8.56. The van der Waals surface area contributed by atoms with Crippen LogP contribution in [0.5, 0.6) is 5.75 Å². The Kier molecular flexibility index (Phi) is 11.3. The van der Waals surface area contributed by atoms with Gasteiger partial charge in [-0.15, -0.1) is 0 Å². The SMILES string of the molecule is CC.CCCC1C2=C(CCCC2)C2CCCC1/C2=C(\OC)c1cccc(OP)c1.O=C(O)O. The smallest absolute Gasteiger partial charge is 0.496 e. The van der Waals surface area contributed by atoms with Gasteiger partial charge in [0, 0.05) is 11.5 Å². The van der Waals surface area contributed by atoms with E-state index in [1.54, 1.807) is 11.1 Å². The van der Waals surface area contributed by atoms with Crippen molar-refractivity contribution in [1.29, 1.82) is 0 Å². The quantitative estimate of drug-likeness (QED) is 0.255. The Bertz CT molecular complexity index is 841. The van der Waals surface area contributed by atoms with Crippen LogP contribution in [0.4, 0.5) is 4.79 Å². The highest BCUT2D eigenvalue weighted by atomic mass is 31.0. The van der Waals surface area contributed by atoms with E-state index in [-0.39, 0.29) is 0 Å². The van der Waals surface area contributed by atoms with Gasteiger partial charge in [0.1, 0.15) is 11.5 Å². The van der Waals surface area contributed by atoms with Gasteiger partial charge in [-0.05, 0) is 74.5 Å². The molecular formula is C27H41O5P. The Hall–Kier alpha value is -2.00. The van der Waals surface area contributed by atoms with Gasteiger partial charge >= 0.3 is 6.16 Å². The van der Waals surface area contributed by atoms with Crippen LogP contribution in [0, 0.1) is 17.8 Å². The summed E-state index contributed by atoms with van der Waals surface area (Å²) in [6.45, 7) is 6.35. The van der Waals surface area contributed by atoms with Crippen molar-refractivity contribution < 1.29 is 24.3 Å². The molecule has 1 aromatic carbocycles. The molecule has 0 amide bonds. The molecule has 4 rings (SSSR count). The molecule has 1 fully saturated rings. The Morgan fingerprint density at radius 1 is 1.09 bits per heavy atom. The van der Waals surface area contributed by atoms with Crippen molar-refractivity contribution in [2.24, 2.45) is 17.8 Å². The van der Waals surface area contributed by atoms with Crippen LogP contribution in [0.3, 0.4) is 0 Å². The van der Waals surface area contributed by atoms with Crippen molar-refractivity contribution in [2.75, 3.05) is 7.11 Å². The zero-order chi connectivity index (χ0) is 24.4. The van der Waals surface area contributed by atoms with E-state index >= 15 is 0 Å². The highest BCUT2D eigenvalue weighted by molar-refractivity contribution is 7.10. The number of carboxylic acid groups (broad SMARTS) is 2. The number of benzene rings is 1. The minimum atomic E-state index is -1.83. The largest absolute Gasteiger partial charge is 0.503 e. The molecule has 2 N–H and O–H groups in total. The second kappa shape index (κ2) is 13.6. The number of hydrogen-bond acceptors (Lipinski definition) is 3. The average molecular weight is 477 g/mol. The van der Waals surface area contributed by atoms with Crippen molar-refractivity contribution in [3.8, 4) is 5.75 Å². The van der Waals surface area contributed by atoms with Crippen LogP contribution in [0.2, 0.25) is 0 Å². The van der Waals surface area contributed by atoms with Crippen LogP contribution < -0.4 is 4.52 Å². The molecule has 33 heavy (non-hydrogen) atoms. The van der Waals surface area contributed by atoms with E-state index in [2.05, 4.69) is 34.6 Å². The molecule has 0 spiro atoms. The zero-order valence-corrected chi connectivity index (χ0v) is 21.8. The molecule has 3 aliphatic carbocycles. The Labute approximate surface area is 201 Å². The minimum absolute atomic E-state index is 0.614. The number of methoxy groups -OCH3 is 1. The van der Waals surface area contributed by atoms with Gasteiger partial charge in [0.15, 0.2) is 0 Å². The van der Waals surface area contributed by atoms with Gasteiger partial charge in [-0.1, -0.05) is 56.9 Å². The molecule has 184 valence electrons. The van der Waals surface area contributed by atoms with E-state index < -0.39 is 6.16 Å². The molecule has 2 bridgehead atoms. The van der Waals surface area contributed by atoms with Gasteiger partial charge in [0.05, 0.1) is 16.6 Å². The lowest BCUT2D eigenvalue weighted by atomic mass is 9.57. The molecule has 0 radical (unpaired) electrons. The van der Waals surface area contributed by atoms with E-state index in [4.69, 9.17) is 24.3 Å². The Balaban J connectivity index is 0.000000582. The van der Waals surface area contributed by atoms with Gasteiger partial charge in [-0.2, -0.15) is 0 Å². The number of ether oxygens (including phenoxy) is 1. The molecule has 1 saturated carbocycles. The standard InChI is InChI=1S/C24H33O2P.C2H6.CH2O3/c1-3-8-18-19-11-4-5-12-20(19)22-14-7-13-21(18)23(22)24(25-2)16-9-6-10-17(15-16)26-27;1-2;2-1(3)4/h6,9-10,15,18,21-22H,3-5,7-8,11-14,27H2,1-2H3;1-2H3;(H2,2,3,4)/b24-23+;;. The van der Waals surface area contributed by atoms with Crippen LogP contribution in [0.25, 0.3) is 5.76 Å². The molecule has 0 saturated heterocycles. The van der Waals surface area contributed by atoms with Crippen LogP contribution in [0.15, 0.2) is 41.0 Å². The third kappa shape index (κ3) is 6.53. The van der Waals surface area contributed by atoms with E-state index in [1.165, 1.54) is 63.4 Å². The van der Waals surface area contributed by atoms with Crippen molar-refractivity contribution in [3.05, 3.63) is 46.5 Å². The summed E-state index contributed by atoms with van der Waals surface area (Å²) < 4.78 is 11.5. The van der Waals surface area contributed by atoms with E-state index in [1.807, 2.05) is 32.6 Å². The summed E-state index contributed by atoms with van der Waals surface area (Å²) in [4.78, 5) is 8.56. The van der Waals surface area contributed by atoms with Gasteiger partial charge in [0.25, 0.3) is 0 Å². The second-order valence-corrected chi connectivity index (χ2v) is 8.90. The molecule has 5 nitrogen and oxygen atoms in total. The van der Waals surface area contributed by atoms with Crippen molar-refractivity contribution in [3.63, 3.8) is 0 Å². The number of carbonyl (C=O) groups is 1. The predicted molar refractivity (Wildman–Crippen MR) is 137 cm³/mol. The molecule has 0 aromatic heterocycles. The molecule has 4 unspecified atom stereocenters. The van der Waals surface area contributed by atoms with Crippen molar-refractivity contribution in [2.45, 2.75) is 78.6 Å². The van der Waals surface area contributed by atoms with E-state index in [9.17, 15) is 0 Å². The fourth-order valence-corrected chi connectivity index (χ4v) is 6.18. The summed E-state index contributed by atoms with van der Waals surface area (Å²) >= 11 is 0. The first-order valence-electron chi connectivity index (χ1n) is 12.4. The van der Waals surface area contributed by atoms with Crippen LogP contribution in [-0.4, -0.2) is 23.5 Å². The Morgan fingerprint density at radius 3 is 2.36 bits per heavy atom. The van der Waals surface area contributed by atoms with E-state index in [0.717, 1.165) is 17.4 Å². The topological polar surface area (TPSA) is 76.0 Å². The molecule has 6 heteroatoms. The van der Waals surface area contributed by atoms with Crippen molar-refractivity contribution >= 4 is 21.4 Å². The normalized spacial score (nSPS) is 24.8. The van der Waals surface area contributed by atoms with Crippen LogP contribution in [-0.2, 0) is 4.74 Å². The minimum Gasteiger partial charge on any atom is -0.496 e. The zero-order valence-electron chi connectivity index (χ0n) is 20.6. The van der Waals surface area contributed by atoms with Gasteiger partial charge < -0.3 is 19.5 Å². The summed E-state index contributed by atoms with van der Waals surface area (Å²) in [5.74, 6) is 4.00. The highest BCUT2D eigenvalue weighted by Crippen LogP contribution is 2.56. The highest BCUT2D eigenvalue weighted by Gasteiger charge is 2.44. The Morgan fingerprint density at radius 2 is 1.76 bits per heavy atom. The first kappa shape index (κ1) is 27.2. The average Bonchev–Trinajstić information content (AvgIpc) is 2.83. The van der Waals surface area contributed by atoms with E-state index in [0.29, 0.717) is 11.8 Å². The van der Waals surface area contributed by atoms with Crippen LogP contribution in [0.1, 0.15) is 84.1 Å². The fraction of sp³-hybridized carbons (Fsp3) is 0.593. The molecule has 3 aliphatic rings. The molecule has 1 aromatic rings. The lowest BCUT2D eigenvalue weighted by Crippen LogP contribution is -2.36. The summed E-state index contributed by atoms with van der Waals surface area (Å²) in [7, 11) is 4.21. The van der Waals surface area contributed by atoms with Gasteiger partial charge in [-0.3, -0.25) is 0 Å². The van der Waals surface area contributed by atoms with Gasteiger partial charge in [0.2, 0.25) is 0 Å². The summed E-state index contributed by atoms with van der Waals surface area (Å²) in [6.07, 6.45) is 10.2. The maximum atomic E-state index is 8.56. The summed E-state index contributed by atoms with van der Waals surface area (Å²) in [5, 5.41) is 13.9. The number of rotatable bonds is 5. The second-order valence-electron chi connectivity index (χ2n) is 8.66. The summed E-state index contributed by atoms with van der Waals surface area (Å²) in [5.41, 5.74) is 6.40. The predicted octanol–water partition coefficient (Wildman–Crippen LogP) is 8.18. The van der Waals surface area contributed by atoms with Crippen LogP contribution >= 0.6 is 9.47 Å². The molecule has 0 heterocycles. The summed E-state index contributed by atoms with van der Waals surface area (Å²) in [6, 6.07) is 8.36. The number of allylic oxidation sites excluding steroid dienone is 3. The lowest BCUT2D eigenvalue weighted by Gasteiger charge is -2.48. The van der Waals surface area contributed by atoms with Gasteiger partial charge in [-0.25, -0.2) is 4.79 Å². The third-order valence-electron chi connectivity index (χ3n) is 6.99. The molecule has 4 atom stereocenters. The van der Waals surface area contributed by atoms with Crippen molar-refractivity contribution in [1.82, 2.24) is 0 Å².